The van der Waals surface area contributed by atoms with Gasteiger partial charge in [0.15, 0.2) is 0 Å². The highest BCUT2D eigenvalue weighted by molar-refractivity contribution is 5.47. The molecule has 2 nitrogen and oxygen atoms in total. The fraction of sp³-hybridized carbons (Fsp3) is 0.571. The highest BCUT2D eigenvalue weighted by Crippen LogP contribution is 2.28. The Balaban J connectivity index is 2.01. The summed E-state index contributed by atoms with van der Waals surface area (Å²) >= 11 is 0. The Bertz CT molecular complexity index is 336. The monoisotopic (exact) mass is 219 g/mol. The van der Waals surface area contributed by atoms with Gasteiger partial charge in [-0.3, -0.25) is 0 Å². The largest absolute Gasteiger partial charge is 0.390 e. The molecule has 1 aromatic rings. The Morgan fingerprint density at radius 2 is 1.75 bits per heavy atom. The molecule has 1 N–H and O–H groups in total. The minimum atomic E-state index is -0.415. The van der Waals surface area contributed by atoms with Crippen LogP contribution in [0.25, 0.3) is 0 Å². The standard InChI is InChI=1S/C14H21NO/c1-3-14(16)8-10-15(11-9-14)13-6-4-12(2)5-7-13/h4-7,16H,3,8-11H2,1-2H3. The molecule has 16 heavy (non-hydrogen) atoms. The van der Waals surface area contributed by atoms with Gasteiger partial charge < -0.3 is 10.0 Å². The molecule has 0 amide bonds. The molecule has 1 fully saturated rings. The molecule has 0 aromatic heterocycles. The van der Waals surface area contributed by atoms with Gasteiger partial charge in [0.2, 0.25) is 0 Å². The zero-order chi connectivity index (χ0) is 11.6. The van der Waals surface area contributed by atoms with Crippen molar-refractivity contribution in [2.45, 2.75) is 38.7 Å². The van der Waals surface area contributed by atoms with Crippen LogP contribution in [0.15, 0.2) is 24.3 Å². The maximum absolute atomic E-state index is 10.2. The van der Waals surface area contributed by atoms with Crippen molar-refractivity contribution in [2.75, 3.05) is 18.0 Å². The van der Waals surface area contributed by atoms with E-state index in [0.717, 1.165) is 32.4 Å². The average molecular weight is 219 g/mol. The lowest BCUT2D eigenvalue weighted by molar-refractivity contribution is 0.0126. The van der Waals surface area contributed by atoms with Gasteiger partial charge in [-0.25, -0.2) is 0 Å². The molecule has 1 aliphatic heterocycles. The third-order valence-corrected chi connectivity index (χ3v) is 3.75. The van der Waals surface area contributed by atoms with E-state index in [1.807, 2.05) is 0 Å². The molecular weight excluding hydrogens is 198 g/mol. The number of aliphatic hydroxyl groups is 1. The van der Waals surface area contributed by atoms with E-state index >= 15 is 0 Å². The van der Waals surface area contributed by atoms with E-state index < -0.39 is 5.60 Å². The first kappa shape index (κ1) is 11.5. The minimum Gasteiger partial charge on any atom is -0.390 e. The van der Waals surface area contributed by atoms with Crippen molar-refractivity contribution in [3.05, 3.63) is 29.8 Å². The molecule has 2 rings (SSSR count). The summed E-state index contributed by atoms with van der Waals surface area (Å²) in [5, 5.41) is 10.2. The number of anilines is 1. The number of nitrogens with zero attached hydrogens (tertiary/aromatic N) is 1. The van der Waals surface area contributed by atoms with Crippen LogP contribution in [0.1, 0.15) is 31.7 Å². The SMILES string of the molecule is CCC1(O)CCN(c2ccc(C)cc2)CC1. The Kier molecular flexibility index (Phi) is 3.20. The molecule has 88 valence electrons. The van der Waals surface area contributed by atoms with Crippen molar-refractivity contribution < 1.29 is 5.11 Å². The van der Waals surface area contributed by atoms with Gasteiger partial charge in [-0.2, -0.15) is 0 Å². The van der Waals surface area contributed by atoms with Crippen LogP contribution in [-0.2, 0) is 0 Å². The first-order valence-electron chi connectivity index (χ1n) is 6.17. The molecule has 0 radical (unpaired) electrons. The van der Waals surface area contributed by atoms with E-state index in [9.17, 15) is 5.11 Å². The Labute approximate surface area is 97.9 Å². The topological polar surface area (TPSA) is 23.5 Å². The van der Waals surface area contributed by atoms with Gasteiger partial charge in [0.25, 0.3) is 0 Å². The number of piperidine rings is 1. The Hall–Kier alpha value is -1.02. The fourth-order valence-electron chi connectivity index (χ4n) is 2.29. The van der Waals surface area contributed by atoms with E-state index in [2.05, 4.69) is 43.0 Å². The Morgan fingerprint density at radius 1 is 1.19 bits per heavy atom. The van der Waals surface area contributed by atoms with Crippen molar-refractivity contribution in [3.8, 4) is 0 Å². The zero-order valence-electron chi connectivity index (χ0n) is 10.2. The van der Waals surface area contributed by atoms with E-state index in [1.165, 1.54) is 11.3 Å². The number of hydrogen-bond acceptors (Lipinski definition) is 2. The smallest absolute Gasteiger partial charge is 0.0678 e. The van der Waals surface area contributed by atoms with Gasteiger partial charge in [0.05, 0.1) is 5.60 Å². The summed E-state index contributed by atoms with van der Waals surface area (Å²) in [5.74, 6) is 0. The Morgan fingerprint density at radius 3 is 2.25 bits per heavy atom. The maximum atomic E-state index is 10.2. The normalized spacial score (nSPS) is 19.8. The number of benzene rings is 1. The second-order valence-corrected chi connectivity index (χ2v) is 4.90. The molecule has 0 spiro atoms. The molecule has 0 atom stereocenters. The summed E-state index contributed by atoms with van der Waals surface area (Å²) in [7, 11) is 0. The summed E-state index contributed by atoms with van der Waals surface area (Å²) in [6.45, 7) is 6.11. The van der Waals surface area contributed by atoms with Crippen molar-refractivity contribution in [3.63, 3.8) is 0 Å². The molecule has 1 heterocycles. The molecule has 0 aliphatic carbocycles. The third kappa shape index (κ3) is 2.38. The third-order valence-electron chi connectivity index (χ3n) is 3.75. The van der Waals surface area contributed by atoms with Crippen LogP contribution in [0.4, 0.5) is 5.69 Å². The predicted octanol–water partition coefficient (Wildman–Crippen LogP) is 2.74. The van der Waals surface area contributed by atoms with Gasteiger partial charge in [0, 0.05) is 18.8 Å². The van der Waals surface area contributed by atoms with Gasteiger partial charge in [-0.1, -0.05) is 24.6 Å². The summed E-state index contributed by atoms with van der Waals surface area (Å²) in [4.78, 5) is 2.36. The van der Waals surface area contributed by atoms with Crippen molar-refractivity contribution in [1.29, 1.82) is 0 Å². The van der Waals surface area contributed by atoms with Crippen LogP contribution >= 0.6 is 0 Å². The summed E-state index contributed by atoms with van der Waals surface area (Å²) in [5.41, 5.74) is 2.16. The van der Waals surface area contributed by atoms with Crippen LogP contribution in [0.2, 0.25) is 0 Å². The van der Waals surface area contributed by atoms with Gasteiger partial charge in [-0.05, 0) is 38.3 Å². The lowest BCUT2D eigenvalue weighted by Gasteiger charge is -2.38. The quantitative estimate of drug-likeness (QED) is 0.826. The minimum absolute atomic E-state index is 0.415. The van der Waals surface area contributed by atoms with Crippen LogP contribution in [0.5, 0.6) is 0 Å². The summed E-state index contributed by atoms with van der Waals surface area (Å²) in [6.07, 6.45) is 2.64. The van der Waals surface area contributed by atoms with Gasteiger partial charge in [-0.15, -0.1) is 0 Å². The molecule has 1 aliphatic rings. The van der Waals surface area contributed by atoms with Crippen LogP contribution in [0, 0.1) is 6.92 Å². The number of aryl methyl sites for hydroxylation is 1. The molecule has 0 bridgehead atoms. The molecule has 1 aromatic carbocycles. The predicted molar refractivity (Wildman–Crippen MR) is 67.9 cm³/mol. The second kappa shape index (κ2) is 4.46. The fourth-order valence-corrected chi connectivity index (χ4v) is 2.29. The first-order valence-corrected chi connectivity index (χ1v) is 6.17. The van der Waals surface area contributed by atoms with E-state index in [-0.39, 0.29) is 0 Å². The number of rotatable bonds is 2. The highest BCUT2D eigenvalue weighted by atomic mass is 16.3. The van der Waals surface area contributed by atoms with E-state index in [4.69, 9.17) is 0 Å². The lowest BCUT2D eigenvalue weighted by Crippen LogP contribution is -2.44. The molecular formula is C14H21NO. The van der Waals surface area contributed by atoms with Gasteiger partial charge >= 0.3 is 0 Å². The van der Waals surface area contributed by atoms with E-state index in [1.54, 1.807) is 0 Å². The summed E-state index contributed by atoms with van der Waals surface area (Å²) in [6, 6.07) is 8.64. The first-order chi connectivity index (χ1) is 7.63. The van der Waals surface area contributed by atoms with Crippen LogP contribution in [-0.4, -0.2) is 23.8 Å². The van der Waals surface area contributed by atoms with E-state index in [0.29, 0.717) is 0 Å². The molecule has 2 heteroatoms. The number of hydrogen-bond donors (Lipinski definition) is 1. The average Bonchev–Trinajstić information content (AvgIpc) is 2.32. The lowest BCUT2D eigenvalue weighted by atomic mass is 9.89. The maximum Gasteiger partial charge on any atom is 0.0678 e. The second-order valence-electron chi connectivity index (χ2n) is 4.90. The van der Waals surface area contributed by atoms with Crippen molar-refractivity contribution in [1.82, 2.24) is 0 Å². The van der Waals surface area contributed by atoms with Crippen molar-refractivity contribution >= 4 is 5.69 Å². The zero-order valence-corrected chi connectivity index (χ0v) is 10.2. The van der Waals surface area contributed by atoms with Crippen LogP contribution < -0.4 is 4.90 Å². The summed E-state index contributed by atoms with van der Waals surface area (Å²) < 4.78 is 0. The molecule has 0 saturated carbocycles. The highest BCUT2D eigenvalue weighted by Gasteiger charge is 2.30. The van der Waals surface area contributed by atoms with Crippen molar-refractivity contribution in [2.24, 2.45) is 0 Å². The van der Waals surface area contributed by atoms with Gasteiger partial charge in [0.1, 0.15) is 0 Å². The van der Waals surface area contributed by atoms with Crippen LogP contribution in [0.3, 0.4) is 0 Å². The molecule has 0 unspecified atom stereocenters. The molecule has 1 saturated heterocycles.